The average Bonchev–Trinajstić information content (AvgIpc) is 2.11. The van der Waals surface area contributed by atoms with Crippen LogP contribution in [-0.2, 0) is 0 Å². The molecule has 1 rings (SSSR count). The van der Waals surface area contributed by atoms with Crippen molar-refractivity contribution in [2.45, 2.75) is 6.42 Å². The Hall–Kier alpha value is -0.570. The van der Waals surface area contributed by atoms with Gasteiger partial charge in [0.05, 0.1) is 0 Å². The summed E-state index contributed by atoms with van der Waals surface area (Å²) in [6.07, 6.45) is 5.03. The first kappa shape index (κ1) is 11.5. The molecule has 76 valence electrons. The maximum atomic E-state index is 5.75. The van der Waals surface area contributed by atoms with Gasteiger partial charge in [0.2, 0.25) is 0 Å². The number of hydrogen-bond acceptors (Lipinski definition) is 2. The number of hydrogen-bond donors (Lipinski definition) is 1. The van der Waals surface area contributed by atoms with Gasteiger partial charge in [-0.25, -0.2) is 4.98 Å². The molecule has 0 fully saturated rings. The Labute approximate surface area is 93.9 Å². The van der Waals surface area contributed by atoms with Gasteiger partial charge in [0.25, 0.3) is 0 Å². The first-order valence-corrected chi connectivity index (χ1v) is 5.12. The van der Waals surface area contributed by atoms with Gasteiger partial charge in [-0.1, -0.05) is 35.4 Å². The number of pyridine rings is 1. The van der Waals surface area contributed by atoms with Gasteiger partial charge >= 0.3 is 0 Å². The zero-order chi connectivity index (χ0) is 10.4. The van der Waals surface area contributed by atoms with Gasteiger partial charge in [-0.15, -0.1) is 0 Å². The molecule has 0 saturated heterocycles. The van der Waals surface area contributed by atoms with Gasteiger partial charge in [0.1, 0.15) is 10.3 Å². The number of nitrogens with one attached hydrogen (secondary N) is 1. The van der Waals surface area contributed by atoms with Crippen molar-refractivity contribution in [2.75, 3.05) is 13.6 Å². The van der Waals surface area contributed by atoms with Gasteiger partial charge in [-0.05, 0) is 37.7 Å². The first-order valence-electron chi connectivity index (χ1n) is 4.36. The summed E-state index contributed by atoms with van der Waals surface area (Å²) in [4.78, 5) is 3.86. The summed E-state index contributed by atoms with van der Waals surface area (Å²) in [7, 11) is 1.92. The summed E-state index contributed by atoms with van der Waals surface area (Å²) < 4.78 is 0. The van der Waals surface area contributed by atoms with Crippen molar-refractivity contribution < 1.29 is 0 Å². The Kier molecular flexibility index (Phi) is 4.94. The molecule has 0 saturated carbocycles. The Morgan fingerprint density at radius 1 is 1.36 bits per heavy atom. The van der Waals surface area contributed by atoms with E-state index in [2.05, 4.69) is 16.4 Å². The highest BCUT2D eigenvalue weighted by Crippen LogP contribution is 2.15. The largest absolute Gasteiger partial charge is 0.319 e. The summed E-state index contributed by atoms with van der Waals surface area (Å²) in [5.41, 5.74) is 0.978. The molecule has 0 aromatic carbocycles. The van der Waals surface area contributed by atoms with Crippen LogP contribution in [0.4, 0.5) is 0 Å². The van der Waals surface area contributed by atoms with E-state index < -0.39 is 0 Å². The predicted octanol–water partition coefficient (Wildman–Crippen LogP) is 3.01. The second-order valence-electron chi connectivity index (χ2n) is 2.84. The molecule has 1 aromatic heterocycles. The van der Waals surface area contributed by atoms with E-state index in [0.29, 0.717) is 10.3 Å². The van der Waals surface area contributed by atoms with E-state index >= 15 is 0 Å². The van der Waals surface area contributed by atoms with E-state index in [0.717, 1.165) is 18.5 Å². The Morgan fingerprint density at radius 2 is 2.00 bits per heavy atom. The van der Waals surface area contributed by atoms with Gasteiger partial charge in [0.15, 0.2) is 0 Å². The van der Waals surface area contributed by atoms with E-state index in [4.69, 9.17) is 23.2 Å². The van der Waals surface area contributed by atoms with Gasteiger partial charge in [-0.2, -0.15) is 0 Å². The first-order chi connectivity index (χ1) is 6.72. The molecule has 0 atom stereocenters. The van der Waals surface area contributed by atoms with E-state index in [1.807, 2.05) is 13.1 Å². The zero-order valence-corrected chi connectivity index (χ0v) is 9.44. The van der Waals surface area contributed by atoms with E-state index in [1.165, 1.54) is 0 Å². The molecule has 0 aliphatic rings. The number of halogens is 2. The lowest BCUT2D eigenvalue weighted by molar-refractivity contribution is 0.809. The van der Waals surface area contributed by atoms with Crippen LogP contribution in [0.5, 0.6) is 0 Å². The fraction of sp³-hybridized carbons (Fsp3) is 0.300. The van der Waals surface area contributed by atoms with Gasteiger partial charge in [-0.3, -0.25) is 0 Å². The van der Waals surface area contributed by atoms with Crippen molar-refractivity contribution in [3.05, 3.63) is 34.1 Å². The fourth-order valence-corrected chi connectivity index (χ4v) is 1.50. The molecule has 0 spiro atoms. The molecule has 0 bridgehead atoms. The number of aromatic nitrogens is 1. The minimum Gasteiger partial charge on any atom is -0.319 e. The van der Waals surface area contributed by atoms with E-state index in [1.54, 1.807) is 12.1 Å². The monoisotopic (exact) mass is 230 g/mol. The van der Waals surface area contributed by atoms with Crippen LogP contribution < -0.4 is 5.32 Å². The topological polar surface area (TPSA) is 24.9 Å². The Morgan fingerprint density at radius 3 is 2.57 bits per heavy atom. The number of rotatable bonds is 4. The lowest BCUT2D eigenvalue weighted by Crippen LogP contribution is -2.05. The third-order valence-electron chi connectivity index (χ3n) is 1.66. The molecule has 0 radical (unpaired) electrons. The minimum absolute atomic E-state index is 0.422. The molecule has 0 aliphatic carbocycles. The van der Waals surface area contributed by atoms with Crippen molar-refractivity contribution in [2.24, 2.45) is 0 Å². The molecule has 1 heterocycles. The highest BCUT2D eigenvalue weighted by molar-refractivity contribution is 6.32. The van der Waals surface area contributed by atoms with Gasteiger partial charge in [0, 0.05) is 0 Å². The maximum Gasteiger partial charge on any atom is 0.131 e. The Balaban J connectivity index is 2.62. The van der Waals surface area contributed by atoms with Crippen LogP contribution in [0, 0.1) is 0 Å². The van der Waals surface area contributed by atoms with E-state index in [-0.39, 0.29) is 0 Å². The lowest BCUT2D eigenvalue weighted by Gasteiger charge is -1.96. The molecule has 1 N–H and O–H groups in total. The SMILES string of the molecule is CNCCC=Cc1cc(Cl)nc(Cl)c1. The van der Waals surface area contributed by atoms with Crippen LogP contribution >= 0.6 is 23.2 Å². The third-order valence-corrected chi connectivity index (χ3v) is 2.04. The van der Waals surface area contributed by atoms with Crippen molar-refractivity contribution in [3.8, 4) is 0 Å². The van der Waals surface area contributed by atoms with Crippen LogP contribution in [0.3, 0.4) is 0 Å². The molecular weight excluding hydrogens is 219 g/mol. The highest BCUT2D eigenvalue weighted by Gasteiger charge is 1.95. The Bertz CT molecular complexity index is 304. The minimum atomic E-state index is 0.422. The molecular formula is C10H12Cl2N2. The number of nitrogens with zero attached hydrogens (tertiary/aromatic N) is 1. The molecule has 14 heavy (non-hydrogen) atoms. The molecule has 4 heteroatoms. The average molecular weight is 231 g/mol. The van der Waals surface area contributed by atoms with Crippen LogP contribution in [-0.4, -0.2) is 18.6 Å². The smallest absolute Gasteiger partial charge is 0.131 e. The lowest BCUT2D eigenvalue weighted by atomic mass is 10.2. The molecule has 0 aliphatic heterocycles. The third kappa shape index (κ3) is 4.09. The summed E-state index contributed by atoms with van der Waals surface area (Å²) in [6.45, 7) is 0.961. The maximum absolute atomic E-state index is 5.75. The summed E-state index contributed by atoms with van der Waals surface area (Å²) in [6, 6.07) is 3.56. The summed E-state index contributed by atoms with van der Waals surface area (Å²) in [5, 5.41) is 3.91. The fourth-order valence-electron chi connectivity index (χ4n) is 1.03. The standard InChI is InChI=1S/C10H12Cl2N2/c1-13-5-3-2-4-8-6-9(11)14-10(12)7-8/h2,4,6-7,13H,3,5H2,1H3. The molecule has 0 amide bonds. The second kappa shape index (κ2) is 6.02. The highest BCUT2D eigenvalue weighted by atomic mass is 35.5. The van der Waals surface area contributed by atoms with E-state index in [9.17, 15) is 0 Å². The quantitative estimate of drug-likeness (QED) is 0.636. The van der Waals surface area contributed by atoms with Crippen molar-refractivity contribution in [1.29, 1.82) is 0 Å². The van der Waals surface area contributed by atoms with Crippen LogP contribution in [0.25, 0.3) is 6.08 Å². The zero-order valence-electron chi connectivity index (χ0n) is 7.93. The summed E-state index contributed by atoms with van der Waals surface area (Å²) in [5.74, 6) is 0. The van der Waals surface area contributed by atoms with Crippen LogP contribution in [0.2, 0.25) is 10.3 Å². The van der Waals surface area contributed by atoms with Crippen LogP contribution in [0.15, 0.2) is 18.2 Å². The van der Waals surface area contributed by atoms with Crippen LogP contribution in [0.1, 0.15) is 12.0 Å². The normalized spacial score (nSPS) is 11.1. The molecule has 2 nitrogen and oxygen atoms in total. The molecule has 0 unspecified atom stereocenters. The van der Waals surface area contributed by atoms with Crippen molar-refractivity contribution >= 4 is 29.3 Å². The van der Waals surface area contributed by atoms with Crippen molar-refractivity contribution in [3.63, 3.8) is 0 Å². The van der Waals surface area contributed by atoms with Gasteiger partial charge < -0.3 is 5.32 Å². The second-order valence-corrected chi connectivity index (χ2v) is 3.62. The molecule has 1 aromatic rings. The van der Waals surface area contributed by atoms with Crippen molar-refractivity contribution in [1.82, 2.24) is 10.3 Å². The predicted molar refractivity (Wildman–Crippen MR) is 61.8 cm³/mol. The summed E-state index contributed by atoms with van der Waals surface area (Å²) >= 11 is 11.5.